The van der Waals surface area contributed by atoms with E-state index in [4.69, 9.17) is 11.6 Å². The molecule has 0 aliphatic rings. The van der Waals surface area contributed by atoms with Crippen molar-refractivity contribution >= 4 is 27.5 Å². The number of imidazole rings is 1. The first-order valence-corrected chi connectivity index (χ1v) is 5.85. The highest BCUT2D eigenvalue weighted by Crippen LogP contribution is 2.22. The van der Waals surface area contributed by atoms with Gasteiger partial charge in [-0.15, -0.1) is 0 Å². The molecule has 0 saturated heterocycles. The Kier molecular flexibility index (Phi) is 3.44. The molecular weight excluding hydrogens is 275 g/mol. The van der Waals surface area contributed by atoms with Crippen LogP contribution >= 0.6 is 27.5 Å². The van der Waals surface area contributed by atoms with Crippen molar-refractivity contribution in [1.82, 2.24) is 9.97 Å². The first-order valence-electron chi connectivity index (χ1n) is 4.68. The summed E-state index contributed by atoms with van der Waals surface area (Å²) in [5.74, 6) is 1.00. The highest BCUT2D eigenvalue weighted by atomic mass is 79.9. The molecule has 1 aromatic heterocycles. The fourth-order valence-electron chi connectivity index (χ4n) is 1.42. The number of nitrogens with one attached hydrogen (secondary N) is 1. The average Bonchev–Trinajstić information content (AvgIpc) is 2.72. The number of rotatable bonds is 3. The molecule has 0 radical (unpaired) electrons. The van der Waals surface area contributed by atoms with Crippen LogP contribution in [0.1, 0.15) is 11.4 Å². The van der Waals surface area contributed by atoms with Crippen LogP contribution in [0, 0.1) is 0 Å². The topological polar surface area (TPSA) is 28.7 Å². The summed E-state index contributed by atoms with van der Waals surface area (Å²) in [5.41, 5.74) is 1.21. The molecule has 0 spiro atoms. The number of hydrogen-bond acceptors (Lipinski definition) is 1. The molecule has 0 fully saturated rings. The Balaban J connectivity index is 2.07. The minimum atomic E-state index is 0.771. The molecule has 1 N–H and O–H groups in total. The summed E-state index contributed by atoms with van der Waals surface area (Å²) in [5, 5.41) is 0.771. The molecule has 0 atom stereocenters. The van der Waals surface area contributed by atoms with Gasteiger partial charge in [-0.2, -0.15) is 0 Å². The number of aromatic amines is 1. The quantitative estimate of drug-likeness (QED) is 0.917. The van der Waals surface area contributed by atoms with Gasteiger partial charge in [0.2, 0.25) is 0 Å². The minimum Gasteiger partial charge on any atom is -0.349 e. The summed E-state index contributed by atoms with van der Waals surface area (Å²) in [7, 11) is 0. The molecule has 4 heteroatoms. The number of benzene rings is 1. The lowest BCUT2D eigenvalue weighted by molar-refractivity contribution is 0.881. The monoisotopic (exact) mass is 284 g/mol. The van der Waals surface area contributed by atoms with Gasteiger partial charge in [0.05, 0.1) is 0 Å². The maximum Gasteiger partial charge on any atom is 0.106 e. The van der Waals surface area contributed by atoms with Crippen molar-refractivity contribution in [2.24, 2.45) is 0 Å². The third-order valence-electron chi connectivity index (χ3n) is 2.19. The zero-order chi connectivity index (χ0) is 10.7. The summed E-state index contributed by atoms with van der Waals surface area (Å²) in [6.45, 7) is 0. The van der Waals surface area contributed by atoms with Crippen molar-refractivity contribution in [2.75, 3.05) is 0 Å². The van der Waals surface area contributed by atoms with Crippen LogP contribution in [0.15, 0.2) is 35.1 Å². The zero-order valence-electron chi connectivity index (χ0n) is 8.00. The Bertz CT molecular complexity index is 440. The van der Waals surface area contributed by atoms with Crippen LogP contribution in [0.5, 0.6) is 0 Å². The van der Waals surface area contributed by atoms with Gasteiger partial charge in [-0.3, -0.25) is 0 Å². The summed E-state index contributed by atoms with van der Waals surface area (Å²) < 4.78 is 1.10. The number of H-pyrrole nitrogens is 1. The maximum absolute atomic E-state index is 5.93. The summed E-state index contributed by atoms with van der Waals surface area (Å²) >= 11 is 9.44. The van der Waals surface area contributed by atoms with Crippen LogP contribution in [0.2, 0.25) is 5.02 Å². The predicted molar refractivity (Wildman–Crippen MR) is 65.1 cm³/mol. The van der Waals surface area contributed by atoms with E-state index in [1.165, 1.54) is 5.56 Å². The number of aromatic nitrogens is 2. The van der Waals surface area contributed by atoms with Gasteiger partial charge in [-0.05, 0) is 30.2 Å². The molecule has 0 amide bonds. The van der Waals surface area contributed by atoms with Gasteiger partial charge in [-0.1, -0.05) is 27.5 Å². The van der Waals surface area contributed by atoms with E-state index in [1.54, 1.807) is 6.20 Å². The van der Waals surface area contributed by atoms with Crippen molar-refractivity contribution in [3.63, 3.8) is 0 Å². The lowest BCUT2D eigenvalue weighted by Gasteiger charge is -2.03. The molecule has 2 nitrogen and oxygen atoms in total. The van der Waals surface area contributed by atoms with Gasteiger partial charge in [0.25, 0.3) is 0 Å². The Hall–Kier alpha value is -0.800. The van der Waals surface area contributed by atoms with Crippen LogP contribution in [0.3, 0.4) is 0 Å². The smallest absolute Gasteiger partial charge is 0.106 e. The third kappa shape index (κ3) is 2.83. The van der Waals surface area contributed by atoms with Crippen LogP contribution < -0.4 is 0 Å². The largest absolute Gasteiger partial charge is 0.349 e. The van der Waals surface area contributed by atoms with Gasteiger partial charge in [-0.25, -0.2) is 4.98 Å². The van der Waals surface area contributed by atoms with Crippen molar-refractivity contribution in [1.29, 1.82) is 0 Å². The van der Waals surface area contributed by atoms with Gasteiger partial charge in [0, 0.05) is 28.3 Å². The highest BCUT2D eigenvalue weighted by Gasteiger charge is 2.02. The number of aryl methyl sites for hydroxylation is 2. The molecule has 2 rings (SSSR count). The number of nitrogens with zero attached hydrogens (tertiary/aromatic N) is 1. The van der Waals surface area contributed by atoms with E-state index < -0.39 is 0 Å². The molecular formula is C11H10BrClN2. The van der Waals surface area contributed by atoms with Gasteiger partial charge >= 0.3 is 0 Å². The van der Waals surface area contributed by atoms with Crippen molar-refractivity contribution < 1.29 is 0 Å². The van der Waals surface area contributed by atoms with Gasteiger partial charge in [0.15, 0.2) is 0 Å². The molecule has 0 saturated carbocycles. The molecule has 0 bridgehead atoms. The zero-order valence-corrected chi connectivity index (χ0v) is 10.3. The van der Waals surface area contributed by atoms with E-state index in [0.717, 1.165) is 28.2 Å². The second-order valence-electron chi connectivity index (χ2n) is 3.27. The lowest BCUT2D eigenvalue weighted by atomic mass is 10.1. The van der Waals surface area contributed by atoms with Crippen molar-refractivity contribution in [3.05, 3.63) is 51.5 Å². The summed E-state index contributed by atoms with van der Waals surface area (Å²) in [6, 6.07) is 5.83. The second-order valence-corrected chi connectivity index (χ2v) is 4.56. The van der Waals surface area contributed by atoms with E-state index >= 15 is 0 Å². The number of hydrogen-bond donors (Lipinski definition) is 1. The van der Waals surface area contributed by atoms with Crippen LogP contribution in [-0.2, 0) is 12.8 Å². The molecule has 2 aromatic rings. The summed E-state index contributed by atoms with van der Waals surface area (Å²) in [6.07, 6.45) is 5.42. The minimum absolute atomic E-state index is 0.771. The SMILES string of the molecule is Clc1ccc(Br)c(CCc2ncc[nH]2)c1. The Morgan fingerprint density at radius 1 is 1.33 bits per heavy atom. The molecule has 0 aliphatic heterocycles. The van der Waals surface area contributed by atoms with Crippen LogP contribution in [0.4, 0.5) is 0 Å². The van der Waals surface area contributed by atoms with E-state index in [9.17, 15) is 0 Å². The standard InChI is InChI=1S/C11H10BrClN2/c12-10-3-2-9(13)7-8(10)1-4-11-14-5-6-15-11/h2-3,5-7H,1,4H2,(H,14,15). The molecule has 78 valence electrons. The molecule has 1 heterocycles. The molecule has 0 unspecified atom stereocenters. The fourth-order valence-corrected chi connectivity index (χ4v) is 2.06. The molecule has 0 aliphatic carbocycles. The Morgan fingerprint density at radius 3 is 2.93 bits per heavy atom. The molecule has 1 aromatic carbocycles. The van der Waals surface area contributed by atoms with Crippen molar-refractivity contribution in [3.8, 4) is 0 Å². The fraction of sp³-hybridized carbons (Fsp3) is 0.182. The molecule has 15 heavy (non-hydrogen) atoms. The van der Waals surface area contributed by atoms with E-state index in [2.05, 4.69) is 25.9 Å². The first kappa shape index (κ1) is 10.7. The second kappa shape index (κ2) is 4.81. The van der Waals surface area contributed by atoms with Crippen molar-refractivity contribution in [2.45, 2.75) is 12.8 Å². The van der Waals surface area contributed by atoms with E-state index in [0.29, 0.717) is 0 Å². The highest BCUT2D eigenvalue weighted by molar-refractivity contribution is 9.10. The first-order chi connectivity index (χ1) is 7.25. The van der Waals surface area contributed by atoms with E-state index in [-0.39, 0.29) is 0 Å². The average molecular weight is 286 g/mol. The summed E-state index contributed by atoms with van der Waals surface area (Å²) in [4.78, 5) is 7.26. The normalized spacial score (nSPS) is 10.5. The van der Waals surface area contributed by atoms with Gasteiger partial charge in [0.1, 0.15) is 5.82 Å². The predicted octanol–water partition coefficient (Wildman–Crippen LogP) is 3.61. The number of halogens is 2. The van der Waals surface area contributed by atoms with Crippen LogP contribution in [0.25, 0.3) is 0 Å². The third-order valence-corrected chi connectivity index (χ3v) is 3.20. The maximum atomic E-state index is 5.93. The van der Waals surface area contributed by atoms with E-state index in [1.807, 2.05) is 24.4 Å². The lowest BCUT2D eigenvalue weighted by Crippen LogP contribution is -1.94. The van der Waals surface area contributed by atoms with Gasteiger partial charge < -0.3 is 4.98 Å². The van der Waals surface area contributed by atoms with Crippen LogP contribution in [-0.4, -0.2) is 9.97 Å². The Morgan fingerprint density at radius 2 is 2.20 bits per heavy atom. The Labute approximate surface area is 102 Å².